The van der Waals surface area contributed by atoms with Crippen LogP contribution in [0, 0.1) is 12.7 Å². The van der Waals surface area contributed by atoms with Crippen LogP contribution in [0.25, 0.3) is 22.6 Å². The number of ether oxygens (including phenoxy) is 2. The minimum atomic E-state index is -0.323. The Morgan fingerprint density at radius 1 is 1.11 bits per heavy atom. The van der Waals surface area contributed by atoms with Crippen molar-refractivity contribution in [2.45, 2.75) is 57.3 Å². The molecule has 8 nitrogen and oxygen atoms in total. The van der Waals surface area contributed by atoms with Crippen LogP contribution in [0.2, 0.25) is 0 Å². The van der Waals surface area contributed by atoms with Crippen LogP contribution in [0.5, 0.6) is 11.8 Å². The minimum absolute atomic E-state index is 0.126. The third kappa shape index (κ3) is 4.20. The van der Waals surface area contributed by atoms with Crippen LogP contribution in [0.1, 0.15) is 36.9 Å². The second kappa shape index (κ2) is 8.88. The van der Waals surface area contributed by atoms with Gasteiger partial charge in [-0.2, -0.15) is 9.97 Å². The van der Waals surface area contributed by atoms with Crippen LogP contribution >= 0.6 is 0 Å². The van der Waals surface area contributed by atoms with E-state index in [1.54, 1.807) is 18.5 Å². The number of methoxy groups -OCH3 is 1. The smallest absolute Gasteiger partial charge is 0.318 e. The molecule has 1 N–H and O–H groups in total. The highest BCUT2D eigenvalue weighted by Crippen LogP contribution is 2.31. The Morgan fingerprint density at radius 2 is 1.94 bits per heavy atom. The third-order valence-corrected chi connectivity index (χ3v) is 6.94. The number of fused-ring (bicyclic) bond motifs is 3. The molecular formula is C26H27FN6O2. The molecule has 6 rings (SSSR count). The Kier molecular flexibility index (Phi) is 5.56. The lowest BCUT2D eigenvalue weighted by Gasteiger charge is -2.29. The predicted molar refractivity (Wildman–Crippen MR) is 129 cm³/mol. The van der Waals surface area contributed by atoms with E-state index in [1.807, 2.05) is 29.7 Å². The molecule has 2 aliphatic heterocycles. The number of imidazole rings is 1. The summed E-state index contributed by atoms with van der Waals surface area (Å²) in [6.07, 6.45) is 7.90. The third-order valence-electron chi connectivity index (χ3n) is 6.94. The average Bonchev–Trinajstić information content (AvgIpc) is 3.40. The van der Waals surface area contributed by atoms with Crippen LogP contribution in [0.15, 0.2) is 42.7 Å². The first kappa shape index (κ1) is 21.9. The van der Waals surface area contributed by atoms with E-state index in [9.17, 15) is 0 Å². The average molecular weight is 475 g/mol. The van der Waals surface area contributed by atoms with Crippen molar-refractivity contribution in [3.63, 3.8) is 0 Å². The molecule has 2 atom stereocenters. The van der Waals surface area contributed by atoms with Gasteiger partial charge >= 0.3 is 6.01 Å². The summed E-state index contributed by atoms with van der Waals surface area (Å²) in [4.78, 5) is 17.9. The van der Waals surface area contributed by atoms with Crippen LogP contribution in [-0.2, 0) is 6.54 Å². The van der Waals surface area contributed by atoms with Crippen molar-refractivity contribution >= 4 is 11.2 Å². The van der Waals surface area contributed by atoms with Gasteiger partial charge in [0.05, 0.1) is 19.3 Å². The quantitative estimate of drug-likeness (QED) is 0.451. The lowest BCUT2D eigenvalue weighted by atomic mass is 10.0. The number of aromatic nitrogens is 5. The van der Waals surface area contributed by atoms with Gasteiger partial charge in [-0.25, -0.2) is 9.37 Å². The number of hydrogen-bond acceptors (Lipinski definition) is 7. The van der Waals surface area contributed by atoms with Gasteiger partial charge < -0.3 is 19.4 Å². The van der Waals surface area contributed by atoms with E-state index in [0.717, 1.165) is 18.4 Å². The summed E-state index contributed by atoms with van der Waals surface area (Å²) in [5.74, 6) is 0.889. The molecule has 0 radical (unpaired) electrons. The molecule has 2 fully saturated rings. The van der Waals surface area contributed by atoms with E-state index in [1.165, 1.54) is 26.0 Å². The fraction of sp³-hybridized carbons (Fsp3) is 0.385. The van der Waals surface area contributed by atoms with Crippen molar-refractivity contribution in [2.24, 2.45) is 0 Å². The Hall–Kier alpha value is -3.59. The number of rotatable bonds is 6. The van der Waals surface area contributed by atoms with Gasteiger partial charge in [0, 0.05) is 41.7 Å². The van der Waals surface area contributed by atoms with Crippen molar-refractivity contribution in [2.75, 3.05) is 7.11 Å². The van der Waals surface area contributed by atoms with Gasteiger partial charge in [-0.15, -0.1) is 0 Å². The summed E-state index contributed by atoms with van der Waals surface area (Å²) in [6, 6.07) is 10.2. The zero-order chi connectivity index (χ0) is 23.9. The van der Waals surface area contributed by atoms with Crippen molar-refractivity contribution < 1.29 is 13.9 Å². The van der Waals surface area contributed by atoms with Crippen LogP contribution in [0.3, 0.4) is 0 Å². The molecule has 35 heavy (non-hydrogen) atoms. The standard InChI is InChI=1S/C26H27FN6O2/c1-15-23-25(32-26(29-15)34-2)33(24(31-23)16-4-3-9-28-13-16)14-17-5-8-20(12-22(17)27)35-21-10-18-6-7-19(11-21)30-18/h3-5,8-9,12-13,18-19,21,30H,6-7,10-11,14H2,1-2H3. The summed E-state index contributed by atoms with van der Waals surface area (Å²) in [7, 11) is 1.52. The summed E-state index contributed by atoms with van der Waals surface area (Å²) < 4.78 is 28.7. The van der Waals surface area contributed by atoms with Crippen molar-refractivity contribution in [3.05, 3.63) is 59.8 Å². The first-order valence-electron chi connectivity index (χ1n) is 12.0. The second-order valence-corrected chi connectivity index (χ2v) is 9.33. The SMILES string of the molecule is COc1nc(C)c2nc(-c3cccnc3)n(Cc3ccc(OC4CC5CCC(C4)N5)cc3F)c2n1. The molecule has 3 aromatic heterocycles. The predicted octanol–water partition coefficient (Wildman–Crippen LogP) is 4.05. The maximum atomic E-state index is 15.3. The Labute approximate surface area is 202 Å². The zero-order valence-electron chi connectivity index (χ0n) is 19.7. The maximum absolute atomic E-state index is 15.3. The first-order chi connectivity index (χ1) is 17.1. The molecule has 1 aromatic carbocycles. The molecule has 4 aromatic rings. The minimum Gasteiger partial charge on any atom is -0.490 e. The van der Waals surface area contributed by atoms with E-state index >= 15 is 4.39 Å². The lowest BCUT2D eigenvalue weighted by molar-refractivity contribution is 0.137. The molecule has 180 valence electrons. The summed E-state index contributed by atoms with van der Waals surface area (Å²) >= 11 is 0. The fourth-order valence-electron chi connectivity index (χ4n) is 5.26. The highest BCUT2D eigenvalue weighted by atomic mass is 19.1. The summed E-state index contributed by atoms with van der Waals surface area (Å²) in [5.41, 5.74) is 3.24. The van der Waals surface area contributed by atoms with Crippen LogP contribution < -0.4 is 14.8 Å². The van der Waals surface area contributed by atoms with Crippen molar-refractivity contribution in [1.82, 2.24) is 29.8 Å². The zero-order valence-corrected chi connectivity index (χ0v) is 19.7. The molecule has 0 aliphatic carbocycles. The number of hydrogen-bond donors (Lipinski definition) is 1. The van der Waals surface area contributed by atoms with Gasteiger partial charge in [0.15, 0.2) is 5.65 Å². The molecule has 2 bridgehead atoms. The van der Waals surface area contributed by atoms with Gasteiger partial charge in [-0.1, -0.05) is 6.07 Å². The highest BCUT2D eigenvalue weighted by Gasteiger charge is 2.34. The number of piperidine rings is 1. The Bertz CT molecular complexity index is 1360. The van der Waals surface area contributed by atoms with Crippen LogP contribution in [0.4, 0.5) is 4.39 Å². The van der Waals surface area contributed by atoms with Crippen molar-refractivity contribution in [1.29, 1.82) is 0 Å². The number of nitrogens with zero attached hydrogens (tertiary/aromatic N) is 5. The number of halogens is 1. The molecule has 5 heterocycles. The van der Waals surface area contributed by atoms with Gasteiger partial charge in [0.2, 0.25) is 0 Å². The lowest BCUT2D eigenvalue weighted by Crippen LogP contribution is -2.42. The molecule has 0 amide bonds. The van der Waals surface area contributed by atoms with Crippen LogP contribution in [-0.4, -0.2) is 49.8 Å². The van der Waals surface area contributed by atoms with E-state index in [-0.39, 0.29) is 24.5 Å². The molecule has 2 unspecified atom stereocenters. The number of aryl methyl sites for hydroxylation is 1. The molecule has 9 heteroatoms. The molecule has 0 saturated carbocycles. The van der Waals surface area contributed by atoms with E-state index in [0.29, 0.717) is 46.1 Å². The van der Waals surface area contributed by atoms with Gasteiger partial charge in [0.25, 0.3) is 0 Å². The van der Waals surface area contributed by atoms with Gasteiger partial charge in [0.1, 0.15) is 29.0 Å². The normalized spacial score (nSPS) is 21.4. The molecule has 0 spiro atoms. The molecule has 2 saturated heterocycles. The largest absolute Gasteiger partial charge is 0.490 e. The topological polar surface area (TPSA) is 87.0 Å². The van der Waals surface area contributed by atoms with Gasteiger partial charge in [-0.05, 0) is 50.8 Å². The van der Waals surface area contributed by atoms with E-state index in [2.05, 4.69) is 20.3 Å². The fourth-order valence-corrected chi connectivity index (χ4v) is 5.26. The Morgan fingerprint density at radius 3 is 2.66 bits per heavy atom. The molecular weight excluding hydrogens is 447 g/mol. The molecule has 2 aliphatic rings. The number of nitrogens with one attached hydrogen (secondary N) is 1. The highest BCUT2D eigenvalue weighted by molar-refractivity contribution is 5.79. The van der Waals surface area contributed by atoms with Crippen molar-refractivity contribution in [3.8, 4) is 23.1 Å². The van der Waals surface area contributed by atoms with Gasteiger partial charge in [-0.3, -0.25) is 4.98 Å². The Balaban J connectivity index is 1.33. The van der Waals surface area contributed by atoms with E-state index in [4.69, 9.17) is 14.5 Å². The maximum Gasteiger partial charge on any atom is 0.318 e. The monoisotopic (exact) mass is 474 g/mol. The number of benzene rings is 1. The number of pyridine rings is 1. The van der Waals surface area contributed by atoms with E-state index < -0.39 is 0 Å². The summed E-state index contributed by atoms with van der Waals surface area (Å²) in [5, 5.41) is 3.61. The summed E-state index contributed by atoms with van der Waals surface area (Å²) in [6.45, 7) is 2.10. The first-order valence-corrected chi connectivity index (χ1v) is 12.0. The second-order valence-electron chi connectivity index (χ2n) is 9.33.